The zero-order valence-electron chi connectivity index (χ0n) is 14.5. The third-order valence-electron chi connectivity index (χ3n) is 5.32. The molecule has 1 aliphatic carbocycles. The lowest BCUT2D eigenvalue weighted by atomic mass is 10.1. The molecule has 26 heavy (non-hydrogen) atoms. The molecule has 1 aliphatic heterocycles. The van der Waals surface area contributed by atoms with E-state index in [1.165, 1.54) is 5.56 Å². The minimum absolute atomic E-state index is 0.160. The maximum atomic E-state index is 12.8. The third kappa shape index (κ3) is 3.34. The number of benzene rings is 2. The number of amides is 2. The van der Waals surface area contributed by atoms with E-state index >= 15 is 0 Å². The smallest absolute Gasteiger partial charge is 0.255 e. The molecule has 0 atom stereocenters. The van der Waals surface area contributed by atoms with Crippen molar-refractivity contribution in [2.45, 2.75) is 32.1 Å². The van der Waals surface area contributed by atoms with E-state index in [-0.39, 0.29) is 17.7 Å². The summed E-state index contributed by atoms with van der Waals surface area (Å²) in [5, 5.41) is 3.51. The average molecular weight is 369 g/mol. The molecule has 1 heterocycles. The van der Waals surface area contributed by atoms with Crippen LogP contribution in [0.1, 0.15) is 41.6 Å². The van der Waals surface area contributed by atoms with Crippen molar-refractivity contribution in [2.75, 3.05) is 16.8 Å². The van der Waals surface area contributed by atoms with Gasteiger partial charge in [0.1, 0.15) is 0 Å². The van der Waals surface area contributed by atoms with Gasteiger partial charge in [-0.1, -0.05) is 30.5 Å². The fourth-order valence-corrected chi connectivity index (χ4v) is 4.01. The molecule has 2 aromatic rings. The molecule has 0 aromatic heterocycles. The van der Waals surface area contributed by atoms with Crippen LogP contribution in [-0.4, -0.2) is 18.4 Å². The Morgan fingerprint density at radius 2 is 1.77 bits per heavy atom. The summed E-state index contributed by atoms with van der Waals surface area (Å²) < 4.78 is 0. The lowest BCUT2D eigenvalue weighted by Crippen LogP contribution is -2.33. The summed E-state index contributed by atoms with van der Waals surface area (Å²) in [7, 11) is 0. The zero-order chi connectivity index (χ0) is 18.1. The van der Waals surface area contributed by atoms with E-state index in [1.54, 1.807) is 24.3 Å². The second-order valence-corrected chi connectivity index (χ2v) is 7.46. The highest BCUT2D eigenvalue weighted by Crippen LogP contribution is 2.35. The second kappa shape index (κ2) is 7.12. The first-order valence-electron chi connectivity index (χ1n) is 9.13. The van der Waals surface area contributed by atoms with Gasteiger partial charge in [0.15, 0.2) is 0 Å². The number of anilines is 2. The fourth-order valence-electron chi connectivity index (χ4n) is 3.88. The molecule has 1 fully saturated rings. The highest BCUT2D eigenvalue weighted by molar-refractivity contribution is 6.30. The summed E-state index contributed by atoms with van der Waals surface area (Å²) in [5.74, 6) is 0.212. The zero-order valence-corrected chi connectivity index (χ0v) is 15.3. The quantitative estimate of drug-likeness (QED) is 0.855. The van der Waals surface area contributed by atoms with Crippen LogP contribution in [0.3, 0.4) is 0 Å². The van der Waals surface area contributed by atoms with E-state index < -0.39 is 0 Å². The largest absolute Gasteiger partial charge is 0.322 e. The molecule has 2 aliphatic rings. The number of nitrogens with one attached hydrogen (secondary N) is 1. The molecular weight excluding hydrogens is 348 g/mol. The first kappa shape index (κ1) is 17.1. The van der Waals surface area contributed by atoms with Crippen LogP contribution in [0.15, 0.2) is 42.5 Å². The molecule has 0 bridgehead atoms. The number of rotatable bonds is 3. The van der Waals surface area contributed by atoms with Crippen LogP contribution in [0.2, 0.25) is 5.02 Å². The Balaban J connectivity index is 1.53. The van der Waals surface area contributed by atoms with Crippen molar-refractivity contribution in [2.24, 2.45) is 5.92 Å². The summed E-state index contributed by atoms with van der Waals surface area (Å²) >= 11 is 5.87. The summed E-state index contributed by atoms with van der Waals surface area (Å²) in [6, 6.07) is 12.6. The van der Waals surface area contributed by atoms with E-state index in [1.807, 2.05) is 23.1 Å². The molecule has 2 amide bonds. The Bertz CT molecular complexity index is 842. The number of hydrogen-bond acceptors (Lipinski definition) is 2. The highest BCUT2D eigenvalue weighted by Gasteiger charge is 2.31. The molecule has 0 spiro atoms. The van der Waals surface area contributed by atoms with Gasteiger partial charge in [0.2, 0.25) is 5.91 Å². The molecule has 2 aromatic carbocycles. The number of carbonyl (C=O) groups is 2. The molecule has 1 saturated carbocycles. The summed E-state index contributed by atoms with van der Waals surface area (Å²) in [6.07, 6.45) is 5.16. The lowest BCUT2D eigenvalue weighted by molar-refractivity contribution is -0.122. The number of carbonyl (C=O) groups excluding carboxylic acids is 2. The van der Waals surface area contributed by atoms with Gasteiger partial charge in [0, 0.05) is 34.4 Å². The number of nitrogens with zero attached hydrogens (tertiary/aromatic N) is 1. The van der Waals surface area contributed by atoms with Crippen LogP contribution in [0.25, 0.3) is 0 Å². The Morgan fingerprint density at radius 3 is 2.50 bits per heavy atom. The van der Waals surface area contributed by atoms with E-state index in [2.05, 4.69) is 5.32 Å². The first-order valence-corrected chi connectivity index (χ1v) is 9.51. The Kier molecular flexibility index (Phi) is 4.68. The Morgan fingerprint density at radius 1 is 1.04 bits per heavy atom. The van der Waals surface area contributed by atoms with Crippen molar-refractivity contribution in [3.05, 3.63) is 58.6 Å². The maximum Gasteiger partial charge on any atom is 0.255 e. The highest BCUT2D eigenvalue weighted by atomic mass is 35.5. The minimum atomic E-state index is -0.187. The van der Waals surface area contributed by atoms with E-state index in [0.29, 0.717) is 16.3 Å². The van der Waals surface area contributed by atoms with Crippen molar-refractivity contribution in [3.8, 4) is 0 Å². The maximum absolute atomic E-state index is 12.8. The SMILES string of the molecule is O=C(Nc1ccc2c(c1)N(C(=O)C1CCCC1)CC2)c1ccc(Cl)cc1. The van der Waals surface area contributed by atoms with Crippen molar-refractivity contribution < 1.29 is 9.59 Å². The monoisotopic (exact) mass is 368 g/mol. The fraction of sp³-hybridized carbons (Fsp3) is 0.333. The molecule has 0 radical (unpaired) electrons. The Hall–Kier alpha value is -2.33. The van der Waals surface area contributed by atoms with Crippen LogP contribution < -0.4 is 10.2 Å². The third-order valence-corrected chi connectivity index (χ3v) is 5.57. The minimum Gasteiger partial charge on any atom is -0.322 e. The van der Waals surface area contributed by atoms with Gasteiger partial charge < -0.3 is 10.2 Å². The topological polar surface area (TPSA) is 49.4 Å². The van der Waals surface area contributed by atoms with Gasteiger partial charge in [-0.05, 0) is 61.2 Å². The van der Waals surface area contributed by atoms with Gasteiger partial charge >= 0.3 is 0 Å². The summed E-state index contributed by atoms with van der Waals surface area (Å²) in [4.78, 5) is 27.1. The van der Waals surface area contributed by atoms with E-state index in [9.17, 15) is 9.59 Å². The molecule has 4 rings (SSSR count). The Labute approximate surface area is 158 Å². The number of fused-ring (bicyclic) bond motifs is 1. The van der Waals surface area contributed by atoms with Crippen LogP contribution in [0, 0.1) is 5.92 Å². The van der Waals surface area contributed by atoms with Crippen LogP contribution >= 0.6 is 11.6 Å². The van der Waals surface area contributed by atoms with Crippen LogP contribution in [0.4, 0.5) is 11.4 Å². The molecule has 134 valence electrons. The normalized spacial score (nSPS) is 16.6. The molecule has 0 unspecified atom stereocenters. The van der Waals surface area contributed by atoms with E-state index in [4.69, 9.17) is 11.6 Å². The molecule has 4 nitrogen and oxygen atoms in total. The molecular formula is C21H21ClN2O2. The molecule has 1 N–H and O–H groups in total. The van der Waals surface area contributed by atoms with Gasteiger partial charge in [-0.25, -0.2) is 0 Å². The lowest BCUT2D eigenvalue weighted by Gasteiger charge is -2.21. The van der Waals surface area contributed by atoms with Crippen molar-refractivity contribution in [1.82, 2.24) is 0 Å². The van der Waals surface area contributed by atoms with Crippen molar-refractivity contribution in [3.63, 3.8) is 0 Å². The van der Waals surface area contributed by atoms with Crippen molar-refractivity contribution in [1.29, 1.82) is 0 Å². The van der Waals surface area contributed by atoms with Crippen LogP contribution in [-0.2, 0) is 11.2 Å². The van der Waals surface area contributed by atoms with Gasteiger partial charge in [-0.2, -0.15) is 0 Å². The standard InChI is InChI=1S/C21H21ClN2O2/c22-17-8-5-15(6-9-17)20(25)23-18-10-7-14-11-12-24(19(14)13-18)21(26)16-3-1-2-4-16/h5-10,13,16H,1-4,11-12H2,(H,23,25). The van der Waals surface area contributed by atoms with Crippen LogP contribution in [0.5, 0.6) is 0 Å². The predicted octanol–water partition coefficient (Wildman–Crippen LogP) is 4.67. The molecule has 0 saturated heterocycles. The van der Waals surface area contributed by atoms with Gasteiger partial charge in [0.05, 0.1) is 0 Å². The average Bonchev–Trinajstić information content (AvgIpc) is 3.31. The molecule has 5 heteroatoms. The first-order chi connectivity index (χ1) is 12.6. The summed E-state index contributed by atoms with van der Waals surface area (Å²) in [5.41, 5.74) is 3.36. The van der Waals surface area contributed by atoms with Gasteiger partial charge in [0.25, 0.3) is 5.91 Å². The second-order valence-electron chi connectivity index (χ2n) is 7.03. The van der Waals surface area contributed by atoms with E-state index in [0.717, 1.165) is 44.3 Å². The number of hydrogen-bond donors (Lipinski definition) is 1. The number of halogens is 1. The van der Waals surface area contributed by atoms with Crippen molar-refractivity contribution >= 4 is 34.8 Å². The van der Waals surface area contributed by atoms with Gasteiger partial charge in [-0.3, -0.25) is 9.59 Å². The summed E-state index contributed by atoms with van der Waals surface area (Å²) in [6.45, 7) is 0.735. The van der Waals surface area contributed by atoms with Gasteiger partial charge in [-0.15, -0.1) is 0 Å². The predicted molar refractivity (Wildman–Crippen MR) is 104 cm³/mol.